The summed E-state index contributed by atoms with van der Waals surface area (Å²) in [6.45, 7) is 1.31. The molecule has 0 heterocycles. The minimum Gasteiger partial charge on any atom is -0.467 e. The standard InChI is InChI=1S/C13H17NO4S/c1-8-4-5-9(19-3)6-10(8)12(16)14-11(7-15)13(17)18-2/h4-6,11,15H,7H2,1-3H3,(H,14,16). The van der Waals surface area contributed by atoms with Gasteiger partial charge in [-0.25, -0.2) is 4.79 Å². The number of aliphatic hydroxyl groups is 1. The molecule has 0 saturated heterocycles. The molecule has 0 aliphatic rings. The predicted octanol–water partition coefficient (Wildman–Crippen LogP) is 0.981. The van der Waals surface area contributed by atoms with Gasteiger partial charge in [-0.1, -0.05) is 6.07 Å². The molecule has 0 bridgehead atoms. The average molecular weight is 283 g/mol. The SMILES string of the molecule is COC(=O)C(CO)NC(=O)c1cc(SC)ccc1C. The van der Waals surface area contributed by atoms with E-state index in [1.165, 1.54) is 18.9 Å². The molecule has 2 N–H and O–H groups in total. The molecule has 0 aliphatic carbocycles. The second-order valence-electron chi connectivity index (χ2n) is 3.91. The van der Waals surface area contributed by atoms with Crippen molar-refractivity contribution in [1.29, 1.82) is 0 Å². The van der Waals surface area contributed by atoms with Crippen LogP contribution in [0.5, 0.6) is 0 Å². The van der Waals surface area contributed by atoms with E-state index < -0.39 is 24.5 Å². The number of hydrogen-bond acceptors (Lipinski definition) is 5. The quantitative estimate of drug-likeness (QED) is 0.622. The molecule has 0 aromatic heterocycles. The lowest BCUT2D eigenvalue weighted by Crippen LogP contribution is -2.44. The first-order valence-corrected chi connectivity index (χ1v) is 6.90. The van der Waals surface area contributed by atoms with Gasteiger partial charge in [0, 0.05) is 10.5 Å². The van der Waals surface area contributed by atoms with E-state index in [-0.39, 0.29) is 0 Å². The summed E-state index contributed by atoms with van der Waals surface area (Å²) in [5.74, 6) is -1.08. The normalized spacial score (nSPS) is 11.8. The Morgan fingerprint density at radius 1 is 1.47 bits per heavy atom. The largest absolute Gasteiger partial charge is 0.467 e. The van der Waals surface area contributed by atoms with Crippen LogP contribution in [0.4, 0.5) is 0 Å². The molecular formula is C13H17NO4S. The number of aliphatic hydroxyl groups excluding tert-OH is 1. The molecule has 1 aromatic carbocycles. The minimum absolute atomic E-state index is 0.405. The van der Waals surface area contributed by atoms with Crippen molar-refractivity contribution in [2.45, 2.75) is 17.9 Å². The van der Waals surface area contributed by atoms with Gasteiger partial charge in [0.05, 0.1) is 13.7 Å². The van der Waals surface area contributed by atoms with E-state index >= 15 is 0 Å². The molecule has 19 heavy (non-hydrogen) atoms. The zero-order valence-electron chi connectivity index (χ0n) is 11.1. The molecular weight excluding hydrogens is 266 g/mol. The third-order valence-corrected chi connectivity index (χ3v) is 3.39. The predicted molar refractivity (Wildman–Crippen MR) is 73.3 cm³/mol. The highest BCUT2D eigenvalue weighted by Gasteiger charge is 2.22. The fourth-order valence-corrected chi connectivity index (χ4v) is 1.97. The van der Waals surface area contributed by atoms with Crippen LogP contribution in [0.3, 0.4) is 0 Å². The van der Waals surface area contributed by atoms with Crippen molar-refractivity contribution in [3.63, 3.8) is 0 Å². The van der Waals surface area contributed by atoms with E-state index in [1.807, 2.05) is 25.3 Å². The monoisotopic (exact) mass is 283 g/mol. The van der Waals surface area contributed by atoms with E-state index in [4.69, 9.17) is 5.11 Å². The van der Waals surface area contributed by atoms with E-state index in [0.29, 0.717) is 5.56 Å². The van der Waals surface area contributed by atoms with Crippen LogP contribution in [0.25, 0.3) is 0 Å². The number of rotatable bonds is 5. The Kier molecular flexibility index (Phi) is 5.85. The Labute approximate surface area is 116 Å². The summed E-state index contributed by atoms with van der Waals surface area (Å²) in [5, 5.41) is 11.5. The van der Waals surface area contributed by atoms with Gasteiger partial charge in [-0.3, -0.25) is 4.79 Å². The van der Waals surface area contributed by atoms with Crippen LogP contribution in [0.2, 0.25) is 0 Å². The molecule has 1 atom stereocenters. The number of esters is 1. The lowest BCUT2D eigenvalue weighted by Gasteiger charge is -2.15. The van der Waals surface area contributed by atoms with Crippen molar-refractivity contribution < 1.29 is 19.4 Å². The number of carbonyl (C=O) groups excluding carboxylic acids is 2. The second kappa shape index (κ2) is 7.16. The molecule has 1 unspecified atom stereocenters. The highest BCUT2D eigenvalue weighted by molar-refractivity contribution is 7.98. The fourth-order valence-electron chi connectivity index (χ4n) is 1.53. The molecule has 1 aromatic rings. The van der Waals surface area contributed by atoms with E-state index in [1.54, 1.807) is 6.07 Å². The van der Waals surface area contributed by atoms with Gasteiger partial charge in [-0.05, 0) is 30.9 Å². The summed E-state index contributed by atoms with van der Waals surface area (Å²) in [7, 11) is 1.21. The van der Waals surface area contributed by atoms with Gasteiger partial charge >= 0.3 is 5.97 Å². The molecule has 0 spiro atoms. The van der Waals surface area contributed by atoms with Crippen molar-refractivity contribution in [3.8, 4) is 0 Å². The number of hydrogen-bond donors (Lipinski definition) is 2. The number of carbonyl (C=O) groups is 2. The summed E-state index contributed by atoms with van der Waals surface area (Å²) in [6, 6.07) is 4.46. The highest BCUT2D eigenvalue weighted by Crippen LogP contribution is 2.19. The molecule has 6 heteroatoms. The lowest BCUT2D eigenvalue weighted by molar-refractivity contribution is -0.143. The van der Waals surface area contributed by atoms with Crippen molar-refractivity contribution >= 4 is 23.6 Å². The molecule has 0 saturated carbocycles. The van der Waals surface area contributed by atoms with Crippen LogP contribution < -0.4 is 5.32 Å². The van der Waals surface area contributed by atoms with Crippen LogP contribution in [-0.2, 0) is 9.53 Å². The Morgan fingerprint density at radius 3 is 2.68 bits per heavy atom. The van der Waals surface area contributed by atoms with Crippen LogP contribution in [-0.4, -0.2) is 43.0 Å². The molecule has 104 valence electrons. The molecule has 0 radical (unpaired) electrons. The Bertz CT molecular complexity index is 476. The third kappa shape index (κ3) is 3.97. The topological polar surface area (TPSA) is 75.6 Å². The zero-order valence-corrected chi connectivity index (χ0v) is 11.9. The van der Waals surface area contributed by atoms with Gasteiger partial charge in [0.25, 0.3) is 5.91 Å². The van der Waals surface area contributed by atoms with Crippen molar-refractivity contribution in [2.24, 2.45) is 0 Å². The summed E-state index contributed by atoms with van der Waals surface area (Å²) in [6.07, 6.45) is 1.91. The highest BCUT2D eigenvalue weighted by atomic mass is 32.2. The smallest absolute Gasteiger partial charge is 0.330 e. The van der Waals surface area contributed by atoms with Crippen LogP contribution in [0, 0.1) is 6.92 Å². The molecule has 0 fully saturated rings. The maximum absolute atomic E-state index is 12.1. The Morgan fingerprint density at radius 2 is 2.16 bits per heavy atom. The maximum atomic E-state index is 12.1. The molecule has 0 aliphatic heterocycles. The third-order valence-electron chi connectivity index (χ3n) is 2.66. The summed E-state index contributed by atoms with van der Waals surface area (Å²) < 4.78 is 4.50. The van der Waals surface area contributed by atoms with Gasteiger partial charge in [-0.15, -0.1) is 11.8 Å². The molecule has 1 amide bonds. The summed E-state index contributed by atoms with van der Waals surface area (Å²) in [4.78, 5) is 24.4. The van der Waals surface area contributed by atoms with Crippen LogP contribution in [0.15, 0.2) is 23.1 Å². The zero-order chi connectivity index (χ0) is 14.4. The summed E-state index contributed by atoms with van der Waals surface area (Å²) >= 11 is 1.52. The number of ether oxygens (including phenoxy) is 1. The first kappa shape index (κ1) is 15.5. The van der Waals surface area contributed by atoms with Crippen LogP contribution >= 0.6 is 11.8 Å². The average Bonchev–Trinajstić information content (AvgIpc) is 2.44. The molecule has 5 nitrogen and oxygen atoms in total. The van der Waals surface area contributed by atoms with Gasteiger partial charge < -0.3 is 15.2 Å². The number of aryl methyl sites for hydroxylation is 1. The number of methoxy groups -OCH3 is 1. The van der Waals surface area contributed by atoms with Crippen LogP contribution in [0.1, 0.15) is 15.9 Å². The van der Waals surface area contributed by atoms with E-state index in [9.17, 15) is 9.59 Å². The number of nitrogens with one attached hydrogen (secondary N) is 1. The second-order valence-corrected chi connectivity index (χ2v) is 4.79. The Hall–Kier alpha value is -1.53. The van der Waals surface area contributed by atoms with E-state index in [2.05, 4.69) is 10.1 Å². The van der Waals surface area contributed by atoms with Crippen molar-refractivity contribution in [1.82, 2.24) is 5.32 Å². The van der Waals surface area contributed by atoms with E-state index in [0.717, 1.165) is 10.5 Å². The van der Waals surface area contributed by atoms with Crippen molar-refractivity contribution in [2.75, 3.05) is 20.0 Å². The van der Waals surface area contributed by atoms with Crippen molar-refractivity contribution in [3.05, 3.63) is 29.3 Å². The fraction of sp³-hybridized carbons (Fsp3) is 0.385. The first-order chi connectivity index (χ1) is 9.03. The van der Waals surface area contributed by atoms with Gasteiger partial charge in [0.2, 0.25) is 0 Å². The molecule has 1 rings (SSSR count). The first-order valence-electron chi connectivity index (χ1n) is 5.67. The van der Waals surface area contributed by atoms with Gasteiger partial charge in [0.1, 0.15) is 0 Å². The number of amides is 1. The Balaban J connectivity index is 2.91. The number of thioether (sulfide) groups is 1. The lowest BCUT2D eigenvalue weighted by atomic mass is 10.1. The minimum atomic E-state index is -1.05. The maximum Gasteiger partial charge on any atom is 0.330 e. The summed E-state index contributed by atoms with van der Waals surface area (Å²) in [5.41, 5.74) is 1.28. The number of benzene rings is 1. The van der Waals surface area contributed by atoms with Gasteiger partial charge in [-0.2, -0.15) is 0 Å². The van der Waals surface area contributed by atoms with Gasteiger partial charge in [0.15, 0.2) is 6.04 Å².